The van der Waals surface area contributed by atoms with Crippen molar-refractivity contribution >= 4 is 28.6 Å². The second-order valence-corrected chi connectivity index (χ2v) is 6.87. The Balaban J connectivity index is 1.66. The number of anilines is 1. The Morgan fingerprint density at radius 2 is 1.77 bits per heavy atom. The summed E-state index contributed by atoms with van der Waals surface area (Å²) >= 11 is 5.83. The number of hydrogen-bond acceptors (Lipinski definition) is 5. The molecule has 0 saturated carbocycles. The first kappa shape index (κ1) is 20.0. The summed E-state index contributed by atoms with van der Waals surface area (Å²) in [5.41, 5.74) is 3.32. The van der Waals surface area contributed by atoms with Gasteiger partial charge >= 0.3 is 0 Å². The lowest BCUT2D eigenvalue weighted by Gasteiger charge is -2.11. The summed E-state index contributed by atoms with van der Waals surface area (Å²) < 4.78 is 32.2. The number of benzene rings is 2. The highest BCUT2D eigenvalue weighted by Crippen LogP contribution is 2.27. The van der Waals surface area contributed by atoms with E-state index >= 15 is 0 Å². The molecule has 2 aromatic carbocycles. The van der Waals surface area contributed by atoms with Crippen molar-refractivity contribution in [2.24, 2.45) is 0 Å². The maximum Gasteiger partial charge on any atom is 0.245 e. The fourth-order valence-electron chi connectivity index (χ4n) is 2.92. The van der Waals surface area contributed by atoms with Crippen LogP contribution in [-0.2, 0) is 6.54 Å². The number of hydrogen-bond donors (Lipinski definition) is 1. The minimum Gasteiger partial charge on any atom is -0.476 e. The van der Waals surface area contributed by atoms with Gasteiger partial charge in [0.1, 0.15) is 11.6 Å². The number of nitrogens with zero attached hydrogens (tertiary/aromatic N) is 3. The summed E-state index contributed by atoms with van der Waals surface area (Å²) in [6, 6.07) is 14.2. The molecule has 0 saturated heterocycles. The third-order valence-electron chi connectivity index (χ3n) is 4.37. The van der Waals surface area contributed by atoms with Gasteiger partial charge in [-0.05, 0) is 61.0 Å². The third-order valence-corrected chi connectivity index (χ3v) is 4.66. The Morgan fingerprint density at radius 1 is 0.967 bits per heavy atom. The molecule has 30 heavy (non-hydrogen) atoms. The van der Waals surface area contributed by atoms with E-state index in [1.165, 1.54) is 18.2 Å². The Morgan fingerprint density at radius 3 is 2.50 bits per heavy atom. The van der Waals surface area contributed by atoms with Crippen molar-refractivity contribution in [3.8, 4) is 17.1 Å². The number of halogens is 3. The Labute approximate surface area is 176 Å². The fraction of sp³-hybridized carbons (Fsp3) is 0.136. The molecule has 2 heterocycles. The highest BCUT2D eigenvalue weighted by molar-refractivity contribution is 6.30. The Bertz CT molecular complexity index is 1200. The monoisotopic (exact) mass is 426 g/mol. The van der Waals surface area contributed by atoms with Gasteiger partial charge in [0.25, 0.3) is 0 Å². The van der Waals surface area contributed by atoms with Crippen molar-refractivity contribution in [3.63, 3.8) is 0 Å². The summed E-state index contributed by atoms with van der Waals surface area (Å²) in [6.07, 6.45) is 0. The van der Waals surface area contributed by atoms with Gasteiger partial charge in [0.05, 0.1) is 22.8 Å². The average molecular weight is 427 g/mol. The summed E-state index contributed by atoms with van der Waals surface area (Å²) in [5.74, 6) is -0.0890. The maximum atomic E-state index is 13.3. The third kappa shape index (κ3) is 4.31. The van der Waals surface area contributed by atoms with Gasteiger partial charge in [0.2, 0.25) is 11.8 Å². The quantitative estimate of drug-likeness (QED) is 0.432. The zero-order chi connectivity index (χ0) is 21.1. The molecule has 0 aliphatic rings. The number of nitrogens with one attached hydrogen (secondary N) is 1. The van der Waals surface area contributed by atoms with E-state index < -0.39 is 5.82 Å². The van der Waals surface area contributed by atoms with E-state index in [0.717, 1.165) is 11.1 Å². The van der Waals surface area contributed by atoms with E-state index in [2.05, 4.69) is 20.3 Å². The van der Waals surface area contributed by atoms with E-state index in [1.54, 1.807) is 24.3 Å². The summed E-state index contributed by atoms with van der Waals surface area (Å²) in [4.78, 5) is 13.5. The van der Waals surface area contributed by atoms with Crippen LogP contribution in [0, 0.1) is 11.6 Å². The van der Waals surface area contributed by atoms with Crippen LogP contribution >= 0.6 is 11.6 Å². The maximum absolute atomic E-state index is 13.3. The van der Waals surface area contributed by atoms with Gasteiger partial charge in [-0.15, -0.1) is 0 Å². The number of fused-ring (bicyclic) bond motifs is 1. The van der Waals surface area contributed by atoms with Crippen LogP contribution < -0.4 is 10.1 Å². The minimum atomic E-state index is -0.468. The smallest absolute Gasteiger partial charge is 0.245 e. The molecular weight excluding hydrogens is 410 g/mol. The molecule has 1 N–H and O–H groups in total. The van der Waals surface area contributed by atoms with Gasteiger partial charge in [-0.25, -0.2) is 18.7 Å². The molecular formula is C22H17ClF2N4O. The predicted octanol–water partition coefficient (Wildman–Crippen LogP) is 5.63. The zero-order valence-electron chi connectivity index (χ0n) is 16.0. The molecule has 8 heteroatoms. The molecule has 0 aliphatic heterocycles. The number of ether oxygens (including phenoxy) is 1. The largest absolute Gasteiger partial charge is 0.476 e. The second-order valence-electron chi connectivity index (χ2n) is 6.46. The molecule has 0 atom stereocenters. The van der Waals surface area contributed by atoms with Crippen molar-refractivity contribution in [3.05, 3.63) is 76.8 Å². The minimum absolute atomic E-state index is 0.0567. The summed E-state index contributed by atoms with van der Waals surface area (Å²) in [5, 5.41) is 3.16. The van der Waals surface area contributed by atoms with Gasteiger partial charge in [0.15, 0.2) is 5.52 Å². The van der Waals surface area contributed by atoms with E-state index in [1.807, 2.05) is 19.1 Å². The van der Waals surface area contributed by atoms with Crippen LogP contribution in [0.1, 0.15) is 12.5 Å². The van der Waals surface area contributed by atoms with Crippen LogP contribution in [0.5, 0.6) is 5.88 Å². The molecule has 0 spiro atoms. The molecule has 0 aliphatic carbocycles. The first-order valence-electron chi connectivity index (χ1n) is 9.29. The van der Waals surface area contributed by atoms with Gasteiger partial charge in [0, 0.05) is 12.1 Å². The van der Waals surface area contributed by atoms with Crippen LogP contribution in [-0.4, -0.2) is 21.6 Å². The number of rotatable bonds is 6. The van der Waals surface area contributed by atoms with Crippen LogP contribution in [0.2, 0.25) is 5.02 Å². The SMILES string of the molecule is CCOc1nc(NCc2ccc(F)c(Cl)c2)nc2ccc(-c3ccc(F)cc3)nc12. The van der Waals surface area contributed by atoms with Gasteiger partial charge in [-0.2, -0.15) is 4.98 Å². The van der Waals surface area contributed by atoms with Crippen molar-refractivity contribution in [2.45, 2.75) is 13.5 Å². The highest BCUT2D eigenvalue weighted by atomic mass is 35.5. The molecule has 0 bridgehead atoms. The lowest BCUT2D eigenvalue weighted by molar-refractivity contribution is 0.330. The summed E-state index contributed by atoms with van der Waals surface area (Å²) in [7, 11) is 0. The van der Waals surface area contributed by atoms with Gasteiger partial charge in [-0.1, -0.05) is 17.7 Å². The molecule has 0 fully saturated rings. The van der Waals surface area contributed by atoms with Crippen LogP contribution in [0.3, 0.4) is 0 Å². The summed E-state index contributed by atoms with van der Waals surface area (Å²) in [6.45, 7) is 2.62. The molecule has 0 amide bonds. The lowest BCUT2D eigenvalue weighted by atomic mass is 10.1. The van der Waals surface area contributed by atoms with Crippen molar-refractivity contribution in [2.75, 3.05) is 11.9 Å². The van der Waals surface area contributed by atoms with Crippen molar-refractivity contribution < 1.29 is 13.5 Å². The Hall–Kier alpha value is -3.32. The van der Waals surface area contributed by atoms with Gasteiger partial charge < -0.3 is 10.1 Å². The van der Waals surface area contributed by atoms with Crippen LogP contribution in [0.15, 0.2) is 54.6 Å². The normalized spacial score (nSPS) is 10.9. The molecule has 152 valence electrons. The number of aromatic nitrogens is 3. The average Bonchev–Trinajstić information content (AvgIpc) is 2.75. The fourth-order valence-corrected chi connectivity index (χ4v) is 3.12. The van der Waals surface area contributed by atoms with Crippen LogP contribution in [0.25, 0.3) is 22.3 Å². The lowest BCUT2D eigenvalue weighted by Crippen LogP contribution is -2.07. The standard InChI is InChI=1S/C22H17ClF2N4O/c1-2-30-21-20-19(10-9-18(27-20)14-4-6-15(24)7-5-14)28-22(29-21)26-12-13-3-8-17(25)16(23)11-13/h3-11H,2,12H2,1H3,(H,26,28,29). The van der Waals surface area contributed by atoms with Crippen LogP contribution in [0.4, 0.5) is 14.7 Å². The van der Waals surface area contributed by atoms with E-state index in [4.69, 9.17) is 16.3 Å². The first-order valence-corrected chi connectivity index (χ1v) is 9.66. The number of pyridine rings is 1. The van der Waals surface area contributed by atoms with E-state index in [0.29, 0.717) is 41.7 Å². The molecule has 0 radical (unpaired) electrons. The zero-order valence-corrected chi connectivity index (χ0v) is 16.8. The molecule has 2 aromatic heterocycles. The predicted molar refractivity (Wildman–Crippen MR) is 113 cm³/mol. The van der Waals surface area contributed by atoms with E-state index in [-0.39, 0.29) is 10.8 Å². The second kappa shape index (κ2) is 8.59. The van der Waals surface area contributed by atoms with E-state index in [9.17, 15) is 8.78 Å². The topological polar surface area (TPSA) is 59.9 Å². The molecule has 5 nitrogen and oxygen atoms in total. The van der Waals surface area contributed by atoms with Crippen molar-refractivity contribution in [1.82, 2.24) is 15.0 Å². The Kier molecular flexibility index (Phi) is 5.72. The van der Waals surface area contributed by atoms with Crippen molar-refractivity contribution in [1.29, 1.82) is 0 Å². The first-order chi connectivity index (χ1) is 14.5. The molecule has 4 rings (SSSR count). The molecule has 4 aromatic rings. The van der Waals surface area contributed by atoms with Gasteiger partial charge in [-0.3, -0.25) is 0 Å². The highest BCUT2D eigenvalue weighted by Gasteiger charge is 2.12. The molecule has 0 unspecified atom stereocenters.